The minimum Gasteiger partial charge on any atom is -0.331 e. The van der Waals surface area contributed by atoms with Crippen molar-refractivity contribution in [2.75, 3.05) is 13.1 Å². The third kappa shape index (κ3) is 2.24. The normalized spacial score (nSPS) is 22.4. The molecule has 0 N–H and O–H groups in total. The van der Waals surface area contributed by atoms with Gasteiger partial charge in [-0.05, 0) is 35.9 Å². The lowest BCUT2D eigenvalue weighted by molar-refractivity contribution is 0.227. The van der Waals surface area contributed by atoms with Crippen molar-refractivity contribution in [2.45, 2.75) is 30.9 Å². The molecule has 0 radical (unpaired) electrons. The Morgan fingerprint density at radius 1 is 1.50 bits per heavy atom. The lowest BCUT2D eigenvalue weighted by Crippen LogP contribution is -2.34. The minimum absolute atomic E-state index is 0.430. The van der Waals surface area contributed by atoms with Crippen LogP contribution in [0.1, 0.15) is 26.7 Å². The fourth-order valence-electron chi connectivity index (χ4n) is 1.15. The van der Waals surface area contributed by atoms with Gasteiger partial charge in [-0.2, -0.15) is 5.10 Å². The molecule has 0 bridgehead atoms. The zero-order valence-corrected chi connectivity index (χ0v) is 9.86. The fourth-order valence-corrected chi connectivity index (χ4v) is 2.11. The second-order valence-electron chi connectivity index (χ2n) is 2.89. The van der Waals surface area contributed by atoms with Crippen LogP contribution in [0.4, 0.5) is 0 Å². The van der Waals surface area contributed by atoms with Gasteiger partial charge in [0.25, 0.3) is 0 Å². The van der Waals surface area contributed by atoms with Crippen molar-refractivity contribution in [3.05, 3.63) is 0 Å². The molecule has 0 saturated heterocycles. The van der Waals surface area contributed by atoms with E-state index in [9.17, 15) is 0 Å². The first kappa shape index (κ1) is 10.1. The van der Waals surface area contributed by atoms with Crippen LogP contribution in [0.5, 0.6) is 0 Å². The van der Waals surface area contributed by atoms with Gasteiger partial charge in [0.05, 0.1) is 0 Å². The second kappa shape index (κ2) is 4.89. The number of hydrogen-bond donors (Lipinski definition) is 0. The van der Waals surface area contributed by atoms with E-state index >= 15 is 0 Å². The molecule has 0 saturated carbocycles. The molecular weight excluding hydrogens is 265 g/mol. The molecule has 12 heavy (non-hydrogen) atoms. The molecule has 1 rings (SSSR count). The Labute approximate surface area is 87.9 Å². The Morgan fingerprint density at radius 3 is 2.75 bits per heavy atom. The summed E-state index contributed by atoms with van der Waals surface area (Å²) in [6.45, 7) is 6.47. The summed E-state index contributed by atoms with van der Waals surface area (Å²) in [5.74, 6) is 0. The summed E-state index contributed by atoms with van der Waals surface area (Å²) < 4.78 is 0.430. The van der Waals surface area contributed by atoms with Crippen LogP contribution in [-0.2, 0) is 0 Å². The number of nitrogens with zero attached hydrogens (tertiary/aromatic N) is 3. The van der Waals surface area contributed by atoms with Crippen molar-refractivity contribution in [1.29, 1.82) is 0 Å². The molecule has 0 aromatic rings. The molecule has 1 heterocycles. The maximum absolute atomic E-state index is 4.30. The van der Waals surface area contributed by atoms with Crippen LogP contribution in [0.3, 0.4) is 0 Å². The van der Waals surface area contributed by atoms with E-state index < -0.39 is 0 Å². The molecule has 0 spiro atoms. The summed E-state index contributed by atoms with van der Waals surface area (Å²) in [6.07, 6.45) is 4.46. The first-order valence-electron chi connectivity index (χ1n) is 4.50. The van der Waals surface area contributed by atoms with Crippen molar-refractivity contribution < 1.29 is 0 Å². The Morgan fingerprint density at radius 2 is 2.25 bits per heavy atom. The molecule has 0 fully saturated rings. The Balaban J connectivity index is 2.34. The van der Waals surface area contributed by atoms with E-state index in [1.54, 1.807) is 0 Å². The second-order valence-corrected chi connectivity index (χ2v) is 4.00. The topological polar surface area (TPSA) is 18.8 Å². The maximum Gasteiger partial charge on any atom is 0.171 e. The van der Waals surface area contributed by atoms with Crippen molar-refractivity contribution in [2.24, 2.45) is 5.10 Å². The molecule has 70 valence electrons. The Kier molecular flexibility index (Phi) is 4.11. The van der Waals surface area contributed by atoms with Gasteiger partial charge in [-0.25, -0.2) is 0 Å². The maximum atomic E-state index is 4.30. The van der Waals surface area contributed by atoms with Crippen molar-refractivity contribution in [1.82, 2.24) is 9.91 Å². The van der Waals surface area contributed by atoms with Crippen molar-refractivity contribution in [3.8, 4) is 0 Å². The summed E-state index contributed by atoms with van der Waals surface area (Å²) in [7, 11) is 0. The van der Waals surface area contributed by atoms with E-state index in [0.29, 0.717) is 4.17 Å². The molecular formula is C8H16IN3. The van der Waals surface area contributed by atoms with Gasteiger partial charge < -0.3 is 4.90 Å². The quantitative estimate of drug-likeness (QED) is 0.446. The molecule has 3 nitrogen and oxygen atoms in total. The Hall–Kier alpha value is 0. The highest BCUT2D eigenvalue weighted by Gasteiger charge is 2.22. The Bertz CT molecular complexity index is 160. The number of hydrogen-bond acceptors (Lipinski definition) is 3. The zero-order chi connectivity index (χ0) is 8.97. The predicted molar refractivity (Wildman–Crippen MR) is 60.3 cm³/mol. The van der Waals surface area contributed by atoms with Gasteiger partial charge in [-0.1, -0.05) is 13.3 Å². The van der Waals surface area contributed by atoms with Crippen LogP contribution >= 0.6 is 22.6 Å². The van der Waals surface area contributed by atoms with Gasteiger partial charge in [0.1, 0.15) is 6.34 Å². The largest absolute Gasteiger partial charge is 0.331 e. The summed E-state index contributed by atoms with van der Waals surface area (Å²) in [6, 6.07) is 0. The lowest BCUT2D eigenvalue weighted by Gasteiger charge is -2.24. The number of hydrazone groups is 1. The molecule has 1 unspecified atom stereocenters. The third-order valence-electron chi connectivity index (χ3n) is 1.96. The van der Waals surface area contributed by atoms with Crippen LogP contribution in [0.2, 0.25) is 0 Å². The summed E-state index contributed by atoms with van der Waals surface area (Å²) in [5.41, 5.74) is 0. The lowest BCUT2D eigenvalue weighted by atomic mass is 10.3. The van der Waals surface area contributed by atoms with Crippen LogP contribution < -0.4 is 0 Å². The predicted octanol–water partition coefficient (Wildman–Crippen LogP) is 2.09. The van der Waals surface area contributed by atoms with Gasteiger partial charge in [-0.3, -0.25) is 5.01 Å². The summed E-state index contributed by atoms with van der Waals surface area (Å²) >= 11 is 2.42. The highest BCUT2D eigenvalue weighted by atomic mass is 127. The SMILES string of the molecule is CCCCN1C=NN(CC)C1I. The highest BCUT2D eigenvalue weighted by molar-refractivity contribution is 14.1. The van der Waals surface area contributed by atoms with E-state index in [4.69, 9.17) is 0 Å². The fraction of sp³-hybridized carbons (Fsp3) is 0.875. The molecule has 1 aliphatic rings. The highest BCUT2D eigenvalue weighted by Crippen LogP contribution is 2.18. The van der Waals surface area contributed by atoms with E-state index in [2.05, 4.69) is 51.4 Å². The molecule has 1 atom stereocenters. The van der Waals surface area contributed by atoms with E-state index in [1.165, 1.54) is 12.8 Å². The standard InChI is InChI=1S/C8H16IN3/c1-3-5-6-11-7-10-12(4-2)8(11)9/h7-8H,3-6H2,1-2H3. The van der Waals surface area contributed by atoms with E-state index in [-0.39, 0.29) is 0 Å². The number of halogens is 1. The molecule has 4 heteroatoms. The molecule has 0 aromatic heterocycles. The van der Waals surface area contributed by atoms with Crippen molar-refractivity contribution in [3.63, 3.8) is 0 Å². The molecule has 0 aromatic carbocycles. The number of unbranched alkanes of at least 4 members (excludes halogenated alkanes) is 1. The summed E-state index contributed by atoms with van der Waals surface area (Å²) in [5, 5.41) is 6.39. The number of rotatable bonds is 4. The average molecular weight is 281 g/mol. The smallest absolute Gasteiger partial charge is 0.171 e. The van der Waals surface area contributed by atoms with Crippen molar-refractivity contribution >= 4 is 28.9 Å². The van der Waals surface area contributed by atoms with Crippen LogP contribution in [0.25, 0.3) is 0 Å². The first-order valence-corrected chi connectivity index (χ1v) is 5.74. The third-order valence-corrected chi connectivity index (χ3v) is 3.32. The van der Waals surface area contributed by atoms with Gasteiger partial charge >= 0.3 is 0 Å². The van der Waals surface area contributed by atoms with Crippen LogP contribution in [0, 0.1) is 0 Å². The molecule has 0 amide bonds. The van der Waals surface area contributed by atoms with Gasteiger partial charge in [-0.15, -0.1) is 0 Å². The minimum atomic E-state index is 0.430. The van der Waals surface area contributed by atoms with E-state index in [0.717, 1.165) is 13.1 Å². The number of alkyl halides is 1. The van der Waals surface area contributed by atoms with Gasteiger partial charge in [0, 0.05) is 13.1 Å². The average Bonchev–Trinajstić information content (AvgIpc) is 2.43. The first-order chi connectivity index (χ1) is 5.79. The zero-order valence-electron chi connectivity index (χ0n) is 7.70. The van der Waals surface area contributed by atoms with E-state index in [1.807, 2.05) is 6.34 Å². The molecule has 1 aliphatic heterocycles. The summed E-state index contributed by atoms with van der Waals surface area (Å²) in [4.78, 5) is 2.29. The van der Waals surface area contributed by atoms with Crippen LogP contribution in [-0.4, -0.2) is 33.5 Å². The van der Waals surface area contributed by atoms with Gasteiger partial charge in [0.2, 0.25) is 0 Å². The molecule has 0 aliphatic carbocycles. The van der Waals surface area contributed by atoms with Gasteiger partial charge in [0.15, 0.2) is 4.17 Å². The van der Waals surface area contributed by atoms with Crippen LogP contribution in [0.15, 0.2) is 5.10 Å². The monoisotopic (exact) mass is 281 g/mol.